The molecule has 0 saturated heterocycles. The van der Waals surface area contributed by atoms with Crippen LogP contribution < -0.4 is 5.14 Å². The van der Waals surface area contributed by atoms with E-state index in [-0.39, 0.29) is 0 Å². The molecule has 0 aliphatic carbocycles. The highest BCUT2D eigenvalue weighted by Crippen LogP contribution is 2.00. The Morgan fingerprint density at radius 3 is 2.50 bits per heavy atom. The SMILES string of the molecule is C=C(C)OC(=S)SN. The molecular formula is C4H7NOS2. The predicted octanol–water partition coefficient (Wildman–Crippen LogP) is 1.43. The monoisotopic (exact) mass is 149 g/mol. The number of hydrogen-bond acceptors (Lipinski definition) is 4. The van der Waals surface area contributed by atoms with Crippen LogP contribution >= 0.6 is 24.2 Å². The van der Waals surface area contributed by atoms with Crippen molar-refractivity contribution < 1.29 is 4.74 Å². The molecule has 0 aliphatic heterocycles. The average Bonchev–Trinajstić information content (AvgIpc) is 1.65. The number of thiocarbonyl (C=S) groups is 1. The Balaban J connectivity index is 3.40. The minimum atomic E-state index is 0.303. The van der Waals surface area contributed by atoms with Crippen LogP contribution in [0.3, 0.4) is 0 Å². The lowest BCUT2D eigenvalue weighted by molar-refractivity contribution is 0.443. The van der Waals surface area contributed by atoms with Gasteiger partial charge in [-0.1, -0.05) is 6.58 Å². The number of hydrogen-bond donors (Lipinski definition) is 1. The fourth-order valence-corrected chi connectivity index (χ4v) is 0.499. The lowest BCUT2D eigenvalue weighted by Crippen LogP contribution is -1.96. The first-order valence-electron chi connectivity index (χ1n) is 1.91. The van der Waals surface area contributed by atoms with Crippen LogP contribution in [0.25, 0.3) is 0 Å². The summed E-state index contributed by atoms with van der Waals surface area (Å²) in [5.41, 5.74) is 0. The highest BCUT2D eigenvalue weighted by molar-refractivity contribution is 8.21. The normalized spacial score (nSPS) is 8.25. The first-order valence-corrected chi connectivity index (χ1v) is 3.19. The number of nitrogens with two attached hydrogens (primary N) is 1. The smallest absolute Gasteiger partial charge is 0.240 e. The third kappa shape index (κ3) is 4.11. The van der Waals surface area contributed by atoms with Gasteiger partial charge in [0.15, 0.2) is 0 Å². The second kappa shape index (κ2) is 3.88. The van der Waals surface area contributed by atoms with Gasteiger partial charge in [0.1, 0.15) is 0 Å². The Bertz CT molecular complexity index is 113. The molecule has 0 bridgehead atoms. The van der Waals surface area contributed by atoms with E-state index in [4.69, 9.17) is 9.88 Å². The van der Waals surface area contributed by atoms with E-state index in [0.29, 0.717) is 10.1 Å². The Morgan fingerprint density at radius 1 is 1.88 bits per heavy atom. The summed E-state index contributed by atoms with van der Waals surface area (Å²) in [6, 6.07) is 0. The Kier molecular flexibility index (Phi) is 3.85. The number of rotatable bonds is 1. The fourth-order valence-electron chi connectivity index (χ4n) is 0.166. The molecule has 2 N–H and O–H groups in total. The molecule has 0 fully saturated rings. The lowest BCUT2D eigenvalue weighted by atomic mass is 10.7. The van der Waals surface area contributed by atoms with Crippen LogP contribution in [0, 0.1) is 0 Å². The van der Waals surface area contributed by atoms with E-state index in [0.717, 1.165) is 11.9 Å². The van der Waals surface area contributed by atoms with Crippen molar-refractivity contribution in [2.24, 2.45) is 5.14 Å². The summed E-state index contributed by atoms with van der Waals surface area (Å²) in [6.45, 7) is 5.18. The summed E-state index contributed by atoms with van der Waals surface area (Å²) >= 11 is 5.49. The Morgan fingerprint density at radius 2 is 2.38 bits per heavy atom. The highest BCUT2D eigenvalue weighted by Gasteiger charge is 1.91. The van der Waals surface area contributed by atoms with E-state index < -0.39 is 0 Å². The quantitative estimate of drug-likeness (QED) is 0.347. The van der Waals surface area contributed by atoms with Gasteiger partial charge in [-0.25, -0.2) is 0 Å². The van der Waals surface area contributed by atoms with Crippen LogP contribution in [-0.4, -0.2) is 4.38 Å². The minimum absolute atomic E-state index is 0.303. The molecule has 0 rings (SSSR count). The molecular weight excluding hydrogens is 142 g/mol. The van der Waals surface area contributed by atoms with Gasteiger partial charge in [-0.3, -0.25) is 5.14 Å². The van der Waals surface area contributed by atoms with E-state index in [2.05, 4.69) is 18.8 Å². The van der Waals surface area contributed by atoms with Gasteiger partial charge in [0.2, 0.25) is 4.38 Å². The molecule has 0 aromatic carbocycles. The van der Waals surface area contributed by atoms with Crippen molar-refractivity contribution in [3.63, 3.8) is 0 Å². The minimum Gasteiger partial charge on any atom is -0.444 e. The van der Waals surface area contributed by atoms with Crippen molar-refractivity contribution in [2.75, 3.05) is 0 Å². The van der Waals surface area contributed by atoms with E-state index >= 15 is 0 Å². The average molecular weight is 149 g/mol. The second-order valence-electron chi connectivity index (χ2n) is 1.17. The van der Waals surface area contributed by atoms with E-state index in [1.165, 1.54) is 0 Å². The van der Waals surface area contributed by atoms with Crippen LogP contribution in [-0.2, 0) is 4.74 Å². The van der Waals surface area contributed by atoms with Crippen LogP contribution in [0.5, 0.6) is 0 Å². The molecule has 46 valence electrons. The van der Waals surface area contributed by atoms with Crippen LogP contribution in [0.1, 0.15) is 6.92 Å². The summed E-state index contributed by atoms with van der Waals surface area (Å²) < 4.78 is 5.08. The summed E-state index contributed by atoms with van der Waals surface area (Å²) in [6.07, 6.45) is 0. The molecule has 0 radical (unpaired) electrons. The summed E-state index contributed by atoms with van der Waals surface area (Å²) in [4.78, 5) is 0. The van der Waals surface area contributed by atoms with Crippen LogP contribution in [0.4, 0.5) is 0 Å². The highest BCUT2D eigenvalue weighted by atomic mass is 32.2. The van der Waals surface area contributed by atoms with Crippen molar-refractivity contribution >= 4 is 28.5 Å². The van der Waals surface area contributed by atoms with Gasteiger partial charge in [-0.2, -0.15) is 0 Å². The van der Waals surface area contributed by atoms with Crippen LogP contribution in [0.2, 0.25) is 0 Å². The van der Waals surface area contributed by atoms with E-state index in [9.17, 15) is 0 Å². The van der Waals surface area contributed by atoms with E-state index in [1.54, 1.807) is 6.92 Å². The molecule has 8 heavy (non-hydrogen) atoms. The van der Waals surface area contributed by atoms with Crippen molar-refractivity contribution in [2.45, 2.75) is 6.92 Å². The maximum Gasteiger partial charge on any atom is 0.240 e. The van der Waals surface area contributed by atoms with Crippen LogP contribution in [0.15, 0.2) is 12.3 Å². The third-order valence-electron chi connectivity index (χ3n) is 0.354. The molecule has 0 aliphatic rings. The third-order valence-corrected chi connectivity index (χ3v) is 1.00. The fraction of sp³-hybridized carbons (Fsp3) is 0.250. The molecule has 0 heterocycles. The first kappa shape index (κ1) is 7.94. The molecule has 0 aromatic heterocycles. The maximum absolute atomic E-state index is 5.03. The molecule has 2 nitrogen and oxygen atoms in total. The summed E-state index contributed by atoms with van der Waals surface area (Å²) in [5.74, 6) is 0.563. The molecule has 0 aromatic rings. The predicted molar refractivity (Wildman–Crippen MR) is 40.3 cm³/mol. The standard InChI is InChI=1S/C4H7NOS2/c1-3(2)6-4(7)8-5/h1,5H2,2H3. The van der Waals surface area contributed by atoms with Gasteiger partial charge in [0.05, 0.1) is 5.76 Å². The van der Waals surface area contributed by atoms with Crippen molar-refractivity contribution in [3.8, 4) is 0 Å². The number of allylic oxidation sites excluding steroid dienone is 1. The zero-order valence-electron chi connectivity index (χ0n) is 4.51. The topological polar surface area (TPSA) is 35.2 Å². The van der Waals surface area contributed by atoms with Crippen molar-refractivity contribution in [1.29, 1.82) is 0 Å². The van der Waals surface area contributed by atoms with Crippen molar-refractivity contribution in [3.05, 3.63) is 12.3 Å². The number of ether oxygens (including phenoxy) is 1. The van der Waals surface area contributed by atoms with Gasteiger partial charge in [-0.15, -0.1) is 0 Å². The van der Waals surface area contributed by atoms with Gasteiger partial charge >= 0.3 is 0 Å². The van der Waals surface area contributed by atoms with Gasteiger partial charge in [0.25, 0.3) is 0 Å². The first-order chi connectivity index (χ1) is 3.66. The Hall–Kier alpha value is -0.0600. The second-order valence-corrected chi connectivity index (χ2v) is 2.41. The van der Waals surface area contributed by atoms with Crippen molar-refractivity contribution in [1.82, 2.24) is 0 Å². The molecule has 0 amide bonds. The summed E-state index contributed by atoms with van der Waals surface area (Å²) in [7, 11) is 0. The van der Waals surface area contributed by atoms with Gasteiger partial charge in [0, 0.05) is 11.9 Å². The molecule has 0 unspecified atom stereocenters. The largest absolute Gasteiger partial charge is 0.444 e. The molecule has 4 heteroatoms. The maximum atomic E-state index is 5.03. The summed E-state index contributed by atoms with van der Waals surface area (Å²) in [5, 5.41) is 5.03. The Labute approximate surface area is 58.2 Å². The molecule has 0 saturated carbocycles. The van der Waals surface area contributed by atoms with Gasteiger partial charge < -0.3 is 4.74 Å². The molecule has 0 atom stereocenters. The van der Waals surface area contributed by atoms with Gasteiger partial charge in [-0.05, 0) is 19.1 Å². The zero-order chi connectivity index (χ0) is 6.57. The lowest BCUT2D eigenvalue weighted by Gasteiger charge is -1.99. The zero-order valence-corrected chi connectivity index (χ0v) is 6.14. The molecule has 0 spiro atoms. The van der Waals surface area contributed by atoms with E-state index in [1.807, 2.05) is 0 Å².